The lowest BCUT2D eigenvalue weighted by Crippen LogP contribution is -2.99. The summed E-state index contributed by atoms with van der Waals surface area (Å²) in [7, 11) is 0. The van der Waals surface area contributed by atoms with Gasteiger partial charge in [0, 0.05) is 11.8 Å². The molecule has 0 aliphatic rings. The molecule has 1 atom stereocenters. The Labute approximate surface area is 187 Å². The van der Waals surface area contributed by atoms with E-state index in [9.17, 15) is 14.8 Å². The fraction of sp³-hybridized carbons (Fsp3) is 0.0909. The standard InChI is InChI=1S/C22H20N6O5/c1-14-2-4-15(5-3-14)13-27-20(25-21(29)26-22(27)30)24-16-6-8-18(9-7-16)33-19-10-17(28(31)32)11-23-12-19/h2-12,28,31H,13H2,1H3,(H2,24,25,26,29,30). The predicted octanol–water partition coefficient (Wildman–Crippen LogP) is 1.62. The number of aromatic amines is 1. The molecule has 2 aromatic heterocycles. The van der Waals surface area contributed by atoms with Crippen LogP contribution in [0.5, 0.6) is 11.5 Å². The maximum atomic E-state index is 12.4. The van der Waals surface area contributed by atoms with Crippen LogP contribution in [-0.4, -0.2) is 24.7 Å². The third-order valence-electron chi connectivity index (χ3n) is 4.69. The van der Waals surface area contributed by atoms with Gasteiger partial charge in [0.1, 0.15) is 5.75 Å². The normalized spacial score (nSPS) is 11.7. The molecule has 4 N–H and O–H groups in total. The second kappa shape index (κ2) is 9.44. The molecule has 11 nitrogen and oxygen atoms in total. The van der Waals surface area contributed by atoms with Crippen molar-refractivity contribution in [3.05, 3.63) is 104 Å². The minimum absolute atomic E-state index is 0.0118. The van der Waals surface area contributed by atoms with Gasteiger partial charge in [-0.3, -0.25) is 14.5 Å². The fourth-order valence-electron chi connectivity index (χ4n) is 3.02. The Morgan fingerprint density at radius 1 is 1.09 bits per heavy atom. The summed E-state index contributed by atoms with van der Waals surface area (Å²) in [6.45, 7) is 2.19. The number of nitrogens with one attached hydrogen (secondary N) is 3. The molecule has 168 valence electrons. The number of H-pyrrole nitrogens is 1. The predicted molar refractivity (Wildman–Crippen MR) is 119 cm³/mol. The topological polar surface area (TPSA) is 150 Å². The summed E-state index contributed by atoms with van der Waals surface area (Å²) in [4.78, 5) is 34.1. The number of pyridine rings is 1. The van der Waals surface area contributed by atoms with Gasteiger partial charge in [-0.15, -0.1) is 0 Å². The van der Waals surface area contributed by atoms with Gasteiger partial charge in [-0.1, -0.05) is 29.8 Å². The lowest BCUT2D eigenvalue weighted by Gasteiger charge is -2.14. The number of hydrogen-bond acceptors (Lipinski definition) is 8. The third kappa shape index (κ3) is 5.49. The van der Waals surface area contributed by atoms with Gasteiger partial charge in [0.25, 0.3) is 0 Å². The second-order valence-corrected chi connectivity index (χ2v) is 7.21. The smallest absolute Gasteiger partial charge is 0.352 e. The van der Waals surface area contributed by atoms with Crippen LogP contribution in [-0.2, 0) is 6.54 Å². The summed E-state index contributed by atoms with van der Waals surface area (Å²) in [5.74, 6) is 0.816. The van der Waals surface area contributed by atoms with Crippen molar-refractivity contribution in [1.82, 2.24) is 19.5 Å². The number of hydrogen-bond donors (Lipinski definition) is 4. The maximum Gasteiger partial charge on any atom is 0.352 e. The quantitative estimate of drug-likeness (QED) is 0.312. The average Bonchev–Trinajstić information content (AvgIpc) is 2.79. The van der Waals surface area contributed by atoms with Gasteiger partial charge < -0.3 is 15.3 Å². The number of ether oxygens (including phenoxy) is 1. The van der Waals surface area contributed by atoms with Crippen LogP contribution in [0.15, 0.2) is 76.6 Å². The lowest BCUT2D eigenvalue weighted by molar-refractivity contribution is -0.991. The molecule has 0 aliphatic heterocycles. The molecule has 0 fully saturated rings. The highest BCUT2D eigenvalue weighted by Crippen LogP contribution is 2.24. The van der Waals surface area contributed by atoms with Crippen molar-refractivity contribution >= 4 is 17.3 Å². The van der Waals surface area contributed by atoms with Crippen LogP contribution in [0.25, 0.3) is 0 Å². The van der Waals surface area contributed by atoms with Crippen molar-refractivity contribution in [2.24, 2.45) is 0 Å². The van der Waals surface area contributed by atoms with Gasteiger partial charge in [0.2, 0.25) is 5.95 Å². The third-order valence-corrected chi connectivity index (χ3v) is 4.69. The molecular formula is C22H20N6O5. The minimum atomic E-state index is -1.10. The van der Waals surface area contributed by atoms with Crippen LogP contribution in [0.3, 0.4) is 0 Å². The van der Waals surface area contributed by atoms with Gasteiger partial charge in [0.15, 0.2) is 11.4 Å². The van der Waals surface area contributed by atoms with Crippen LogP contribution < -0.4 is 26.7 Å². The molecule has 0 spiro atoms. The SMILES string of the molecule is Cc1ccc(Cn2c(Nc3ccc(Oc4cncc([NH+]([O-])O)c4)cc3)nc(=O)[nH]c2=O)cc1. The van der Waals surface area contributed by atoms with Crippen LogP contribution >= 0.6 is 0 Å². The first kappa shape index (κ1) is 21.9. The number of benzene rings is 2. The number of quaternary nitrogens is 1. The zero-order valence-corrected chi connectivity index (χ0v) is 17.5. The molecular weight excluding hydrogens is 428 g/mol. The first-order valence-corrected chi connectivity index (χ1v) is 9.87. The van der Waals surface area contributed by atoms with Crippen LogP contribution in [0, 0.1) is 12.1 Å². The number of aromatic nitrogens is 4. The molecule has 2 heterocycles. The molecule has 0 amide bonds. The minimum Gasteiger partial charge on any atom is -0.595 e. The fourth-order valence-corrected chi connectivity index (χ4v) is 3.02. The summed E-state index contributed by atoms with van der Waals surface area (Å²) >= 11 is 0. The van der Waals surface area contributed by atoms with Crippen molar-refractivity contribution in [2.45, 2.75) is 13.5 Å². The van der Waals surface area contributed by atoms with Crippen molar-refractivity contribution < 1.29 is 15.2 Å². The Hall–Kier alpha value is -4.32. The second-order valence-electron chi connectivity index (χ2n) is 7.21. The summed E-state index contributed by atoms with van der Waals surface area (Å²) in [5.41, 5.74) is 1.21. The monoisotopic (exact) mass is 448 g/mol. The van der Waals surface area contributed by atoms with E-state index in [0.717, 1.165) is 11.1 Å². The van der Waals surface area contributed by atoms with E-state index < -0.39 is 16.6 Å². The zero-order chi connectivity index (χ0) is 23.4. The zero-order valence-electron chi connectivity index (χ0n) is 17.5. The highest BCUT2D eigenvalue weighted by Gasteiger charge is 2.10. The van der Waals surface area contributed by atoms with E-state index in [2.05, 4.69) is 20.3 Å². The Kier molecular flexibility index (Phi) is 6.26. The van der Waals surface area contributed by atoms with E-state index in [1.165, 1.54) is 23.0 Å². The first-order chi connectivity index (χ1) is 15.9. The Morgan fingerprint density at radius 3 is 2.52 bits per heavy atom. The molecule has 4 rings (SSSR count). The first-order valence-electron chi connectivity index (χ1n) is 9.87. The van der Waals surface area contributed by atoms with E-state index in [4.69, 9.17) is 9.94 Å². The van der Waals surface area contributed by atoms with E-state index in [-0.39, 0.29) is 23.9 Å². The number of nitrogens with zero attached hydrogens (tertiary/aromatic N) is 3. The highest BCUT2D eigenvalue weighted by atomic mass is 16.8. The Balaban J connectivity index is 1.54. The van der Waals surface area contributed by atoms with Crippen molar-refractivity contribution in [3.8, 4) is 11.5 Å². The summed E-state index contributed by atoms with van der Waals surface area (Å²) in [5, 5.41) is 22.0. The summed E-state index contributed by atoms with van der Waals surface area (Å²) < 4.78 is 6.98. The van der Waals surface area contributed by atoms with Gasteiger partial charge in [-0.2, -0.15) is 10.2 Å². The number of anilines is 2. The number of aryl methyl sites for hydroxylation is 1. The van der Waals surface area contributed by atoms with Gasteiger partial charge >= 0.3 is 11.4 Å². The van der Waals surface area contributed by atoms with Crippen LogP contribution in [0.1, 0.15) is 11.1 Å². The van der Waals surface area contributed by atoms with Crippen molar-refractivity contribution in [2.75, 3.05) is 5.32 Å². The van der Waals surface area contributed by atoms with E-state index in [1.807, 2.05) is 31.2 Å². The molecule has 0 radical (unpaired) electrons. The highest BCUT2D eigenvalue weighted by molar-refractivity contribution is 5.55. The summed E-state index contributed by atoms with van der Waals surface area (Å²) in [6, 6.07) is 15.7. The average molecular weight is 448 g/mol. The molecule has 0 bridgehead atoms. The van der Waals surface area contributed by atoms with Crippen LogP contribution in [0.2, 0.25) is 0 Å². The maximum absolute atomic E-state index is 12.4. The van der Waals surface area contributed by atoms with Gasteiger partial charge in [-0.05, 0) is 36.8 Å². The summed E-state index contributed by atoms with van der Waals surface area (Å²) in [6.07, 6.45) is 2.63. The molecule has 0 saturated heterocycles. The van der Waals surface area contributed by atoms with Crippen LogP contribution in [0.4, 0.5) is 17.3 Å². The molecule has 0 saturated carbocycles. The van der Waals surface area contributed by atoms with Gasteiger partial charge in [-0.25, -0.2) is 14.8 Å². The molecule has 4 aromatic rings. The van der Waals surface area contributed by atoms with E-state index >= 15 is 0 Å². The van der Waals surface area contributed by atoms with Gasteiger partial charge in [0.05, 0.1) is 18.9 Å². The van der Waals surface area contributed by atoms with E-state index in [1.54, 1.807) is 24.3 Å². The molecule has 1 unspecified atom stereocenters. The van der Waals surface area contributed by atoms with Crippen molar-refractivity contribution in [3.63, 3.8) is 0 Å². The number of rotatable bonds is 7. The molecule has 2 aromatic carbocycles. The molecule has 33 heavy (non-hydrogen) atoms. The largest absolute Gasteiger partial charge is 0.595 e. The van der Waals surface area contributed by atoms with Crippen molar-refractivity contribution in [1.29, 1.82) is 0 Å². The molecule has 0 aliphatic carbocycles. The molecule has 11 heteroatoms. The Morgan fingerprint density at radius 2 is 1.82 bits per heavy atom. The Bertz CT molecular complexity index is 1360. The lowest BCUT2D eigenvalue weighted by atomic mass is 10.1. The van der Waals surface area contributed by atoms with E-state index in [0.29, 0.717) is 11.4 Å².